The van der Waals surface area contributed by atoms with Crippen LogP contribution in [-0.4, -0.2) is 37.9 Å². The molecular weight excluding hydrogens is 734 g/mol. The van der Waals surface area contributed by atoms with E-state index >= 15 is 0 Å². The smallest absolute Gasteiger partial charge is 0.331 e. The summed E-state index contributed by atoms with van der Waals surface area (Å²) in [7, 11) is -4.43. The van der Waals surface area contributed by atoms with E-state index in [-0.39, 0.29) is 27.7 Å². The van der Waals surface area contributed by atoms with Crippen LogP contribution >= 0.6 is 0 Å². The fourth-order valence-corrected chi connectivity index (χ4v) is 7.43. The number of hydrogen-bond donors (Lipinski definition) is 2. The highest BCUT2D eigenvalue weighted by Gasteiger charge is 2.32. The van der Waals surface area contributed by atoms with Crippen LogP contribution < -0.4 is 11.0 Å². The Hall–Kier alpha value is -6.24. The average molecular weight is 769 g/mol. The van der Waals surface area contributed by atoms with Gasteiger partial charge in [-0.3, -0.25) is 9.12 Å². The SMILES string of the molecule is Cc1c(Cc2ccc(C(C)NC(=O)n3c(-c4ccnn4-c4ccc(C#N)cc4)c(C)n(-c4cccc(C(F)(F)F)c4)c3=O)cc2)cc(S(=O)(=O)O)c(C)c1C. The molecule has 55 heavy (non-hydrogen) atoms. The second-order valence-corrected chi connectivity index (χ2v) is 14.6. The van der Waals surface area contributed by atoms with Crippen LogP contribution in [0.15, 0.2) is 101 Å². The first kappa shape index (κ1) is 38.5. The number of hydrogen-bond acceptors (Lipinski definition) is 6. The van der Waals surface area contributed by atoms with Crippen molar-refractivity contribution in [2.45, 2.75) is 58.2 Å². The molecule has 1 atom stereocenters. The van der Waals surface area contributed by atoms with E-state index in [0.29, 0.717) is 28.8 Å². The molecule has 6 rings (SSSR count). The van der Waals surface area contributed by atoms with Crippen LogP contribution in [0.3, 0.4) is 0 Å². The van der Waals surface area contributed by atoms with Gasteiger partial charge in [0.15, 0.2) is 0 Å². The first-order valence-corrected chi connectivity index (χ1v) is 18.4. The molecule has 0 fully saturated rings. The molecule has 6 aromatic rings. The number of alkyl halides is 3. The Kier molecular flexibility index (Phi) is 10.2. The molecule has 0 radical (unpaired) electrons. The van der Waals surface area contributed by atoms with Crippen molar-refractivity contribution < 1.29 is 30.9 Å². The van der Waals surface area contributed by atoms with Gasteiger partial charge in [-0.25, -0.2) is 18.8 Å². The van der Waals surface area contributed by atoms with E-state index in [1.165, 1.54) is 36.0 Å². The molecule has 2 aromatic heterocycles. The third-order valence-electron chi connectivity index (χ3n) is 9.82. The van der Waals surface area contributed by atoms with Gasteiger partial charge in [0.2, 0.25) is 0 Å². The second kappa shape index (κ2) is 14.5. The number of carbonyl (C=O) groups excluding carboxylic acids is 1. The Labute approximate surface area is 314 Å². The molecular formula is C40H35F3N6O5S. The Morgan fingerprint density at radius 3 is 2.22 bits per heavy atom. The van der Waals surface area contributed by atoms with E-state index in [9.17, 15) is 41.0 Å². The third-order valence-corrected chi connectivity index (χ3v) is 10.8. The molecule has 1 unspecified atom stereocenters. The van der Waals surface area contributed by atoms with Gasteiger partial charge in [0, 0.05) is 0 Å². The molecule has 0 aliphatic rings. The number of carbonyl (C=O) groups is 1. The minimum atomic E-state index is -4.68. The van der Waals surface area contributed by atoms with Crippen molar-refractivity contribution in [1.29, 1.82) is 5.26 Å². The lowest BCUT2D eigenvalue weighted by Gasteiger charge is -2.17. The van der Waals surface area contributed by atoms with E-state index in [1.807, 2.05) is 25.1 Å². The molecule has 0 aliphatic carbocycles. The van der Waals surface area contributed by atoms with E-state index in [0.717, 1.165) is 43.5 Å². The van der Waals surface area contributed by atoms with Gasteiger partial charge in [-0.2, -0.15) is 31.9 Å². The molecule has 11 nitrogen and oxygen atoms in total. The Bertz CT molecular complexity index is 2670. The maximum Gasteiger partial charge on any atom is 0.416 e. The van der Waals surface area contributed by atoms with Gasteiger partial charge in [-0.05, 0) is 129 Å². The van der Waals surface area contributed by atoms with Crippen molar-refractivity contribution in [3.63, 3.8) is 0 Å². The lowest BCUT2D eigenvalue weighted by molar-refractivity contribution is -0.137. The lowest BCUT2D eigenvalue weighted by Crippen LogP contribution is -2.38. The molecule has 2 heterocycles. The highest BCUT2D eigenvalue weighted by atomic mass is 32.2. The maximum atomic E-state index is 14.2. The first-order valence-electron chi connectivity index (χ1n) is 16.9. The largest absolute Gasteiger partial charge is 0.416 e. The highest BCUT2D eigenvalue weighted by molar-refractivity contribution is 7.85. The summed E-state index contributed by atoms with van der Waals surface area (Å²) in [6.45, 7) is 8.55. The fourth-order valence-electron chi connectivity index (χ4n) is 6.60. The quantitative estimate of drug-likeness (QED) is 0.150. The Balaban J connectivity index is 1.37. The summed E-state index contributed by atoms with van der Waals surface area (Å²) in [6.07, 6.45) is -2.87. The van der Waals surface area contributed by atoms with Gasteiger partial charge >= 0.3 is 17.9 Å². The standard InChI is InChI=1S/C40H35F3N6O5S/c1-23-24(2)31(20-36(25(23)3)55(52,53)54)19-28-9-13-30(14-10-28)26(4)46-38(50)48-37(35-17-18-45-49(35)33-15-11-29(22-44)12-16-33)27(5)47(39(48)51)34-8-6-7-32(21-34)40(41,42)43/h6-18,20-21,26H,19H2,1-5H3,(H,46,50)(H,52,53,54). The molecule has 0 bridgehead atoms. The van der Waals surface area contributed by atoms with Gasteiger partial charge in [-0.1, -0.05) is 30.3 Å². The van der Waals surface area contributed by atoms with E-state index < -0.39 is 39.6 Å². The van der Waals surface area contributed by atoms with Crippen molar-refractivity contribution in [3.8, 4) is 28.8 Å². The van der Waals surface area contributed by atoms with Crippen LogP contribution in [0.2, 0.25) is 0 Å². The Morgan fingerprint density at radius 1 is 0.927 bits per heavy atom. The number of rotatable bonds is 8. The van der Waals surface area contributed by atoms with Gasteiger partial charge in [0.25, 0.3) is 10.1 Å². The molecule has 0 saturated heterocycles. The van der Waals surface area contributed by atoms with Crippen molar-refractivity contribution in [3.05, 3.63) is 152 Å². The maximum absolute atomic E-state index is 14.2. The zero-order valence-corrected chi connectivity index (χ0v) is 31.1. The first-order chi connectivity index (χ1) is 25.9. The van der Waals surface area contributed by atoms with Gasteiger partial charge < -0.3 is 5.32 Å². The number of halogens is 3. The molecule has 1 amide bonds. The molecule has 15 heteroatoms. The lowest BCUT2D eigenvalue weighted by atomic mass is 9.94. The van der Waals surface area contributed by atoms with Gasteiger partial charge in [-0.15, -0.1) is 0 Å². The van der Waals surface area contributed by atoms with Crippen molar-refractivity contribution in [1.82, 2.24) is 24.2 Å². The topological polar surface area (TPSA) is 152 Å². The number of imidazole rings is 1. The highest BCUT2D eigenvalue weighted by Crippen LogP contribution is 2.33. The van der Waals surface area contributed by atoms with E-state index in [1.54, 1.807) is 63.2 Å². The predicted octanol–water partition coefficient (Wildman–Crippen LogP) is 7.77. The minimum Gasteiger partial charge on any atom is -0.331 e. The number of nitriles is 1. The van der Waals surface area contributed by atoms with E-state index in [2.05, 4.69) is 10.4 Å². The summed E-state index contributed by atoms with van der Waals surface area (Å²) < 4.78 is 78.4. The van der Waals surface area contributed by atoms with Crippen LogP contribution in [0, 0.1) is 39.0 Å². The average Bonchev–Trinajstić information content (AvgIpc) is 3.72. The summed E-state index contributed by atoms with van der Waals surface area (Å²) in [5.41, 5.74) is 3.81. The van der Waals surface area contributed by atoms with Crippen molar-refractivity contribution in [2.24, 2.45) is 0 Å². The van der Waals surface area contributed by atoms with Crippen LogP contribution in [0.25, 0.3) is 22.8 Å². The summed E-state index contributed by atoms with van der Waals surface area (Å²) in [5, 5.41) is 16.5. The number of nitrogens with zero attached hydrogens (tertiary/aromatic N) is 5. The normalized spacial score (nSPS) is 12.4. The van der Waals surface area contributed by atoms with Crippen LogP contribution in [0.5, 0.6) is 0 Å². The van der Waals surface area contributed by atoms with Crippen LogP contribution in [-0.2, 0) is 22.7 Å². The Morgan fingerprint density at radius 2 is 1.60 bits per heavy atom. The zero-order chi connectivity index (χ0) is 40.0. The fraction of sp³-hybridized carbons (Fsp3) is 0.200. The summed E-state index contributed by atoms with van der Waals surface area (Å²) >= 11 is 0. The molecule has 2 N–H and O–H groups in total. The van der Waals surface area contributed by atoms with E-state index in [4.69, 9.17) is 0 Å². The molecule has 0 spiro atoms. The van der Waals surface area contributed by atoms with Crippen LogP contribution in [0.4, 0.5) is 18.0 Å². The molecule has 282 valence electrons. The minimum absolute atomic E-state index is 0.0809. The third kappa shape index (κ3) is 7.46. The molecule has 0 aliphatic heterocycles. The predicted molar refractivity (Wildman–Crippen MR) is 199 cm³/mol. The number of amides is 1. The second-order valence-electron chi connectivity index (χ2n) is 13.2. The summed E-state index contributed by atoms with van der Waals surface area (Å²) in [5.74, 6) is 0. The van der Waals surface area contributed by atoms with Gasteiger partial charge in [0.1, 0.15) is 5.69 Å². The summed E-state index contributed by atoms with van der Waals surface area (Å²) in [4.78, 5) is 28.2. The zero-order valence-electron chi connectivity index (χ0n) is 30.3. The van der Waals surface area contributed by atoms with Crippen LogP contribution in [0.1, 0.15) is 63.2 Å². The molecule has 0 saturated carbocycles. The van der Waals surface area contributed by atoms with Crippen molar-refractivity contribution in [2.75, 3.05) is 0 Å². The number of nitrogens with one attached hydrogen (secondary N) is 1. The van der Waals surface area contributed by atoms with Crippen molar-refractivity contribution >= 4 is 16.1 Å². The monoisotopic (exact) mass is 768 g/mol. The summed E-state index contributed by atoms with van der Waals surface area (Å²) in [6, 6.07) is 21.5. The van der Waals surface area contributed by atoms with Gasteiger partial charge in [0.05, 0.1) is 57.1 Å². The number of benzene rings is 4. The molecule has 4 aromatic carbocycles. The number of aromatic nitrogens is 4.